The van der Waals surface area contributed by atoms with E-state index in [4.69, 9.17) is 4.52 Å². The lowest BCUT2D eigenvalue weighted by Gasteiger charge is -2.30. The first kappa shape index (κ1) is 21.3. The second-order valence-corrected chi connectivity index (χ2v) is 9.52. The molecule has 0 N–H and O–H groups in total. The molecule has 162 valence electrons. The summed E-state index contributed by atoms with van der Waals surface area (Å²) in [5, 5.41) is 4.08. The summed E-state index contributed by atoms with van der Waals surface area (Å²) < 4.78 is 5.40. The number of amides is 1. The van der Waals surface area contributed by atoms with Gasteiger partial charge < -0.3 is 9.42 Å². The first-order valence-corrected chi connectivity index (χ1v) is 11.1. The van der Waals surface area contributed by atoms with Gasteiger partial charge in [0, 0.05) is 24.8 Å². The Balaban J connectivity index is 1.53. The third-order valence-electron chi connectivity index (χ3n) is 5.96. The van der Waals surface area contributed by atoms with Gasteiger partial charge in [0.15, 0.2) is 5.82 Å². The Bertz CT molecular complexity index is 1050. The zero-order valence-electron chi connectivity index (χ0n) is 18.9. The lowest BCUT2D eigenvalue weighted by atomic mass is 9.96. The third-order valence-corrected chi connectivity index (χ3v) is 5.96. The molecule has 0 spiro atoms. The highest BCUT2D eigenvalue weighted by Crippen LogP contribution is 2.37. The van der Waals surface area contributed by atoms with Crippen molar-refractivity contribution in [3.63, 3.8) is 0 Å². The highest BCUT2D eigenvalue weighted by Gasteiger charge is 2.31. The molecule has 0 fully saturated rings. The van der Waals surface area contributed by atoms with E-state index in [-0.39, 0.29) is 17.4 Å². The van der Waals surface area contributed by atoms with Crippen molar-refractivity contribution >= 4 is 5.91 Å². The number of nitrogens with zero attached hydrogens (tertiary/aromatic N) is 3. The van der Waals surface area contributed by atoms with E-state index in [9.17, 15) is 4.79 Å². The van der Waals surface area contributed by atoms with Gasteiger partial charge >= 0.3 is 0 Å². The van der Waals surface area contributed by atoms with Gasteiger partial charge in [-0.2, -0.15) is 4.98 Å². The SMILES string of the molecule is Cc1ccc(CN(C(=O)CCc2nc(C(C)(C)C)no2)C2CCc3ccccc32)cc1. The molecule has 0 radical (unpaired) electrons. The van der Waals surface area contributed by atoms with Crippen LogP contribution in [-0.2, 0) is 29.6 Å². The highest BCUT2D eigenvalue weighted by atomic mass is 16.5. The van der Waals surface area contributed by atoms with Gasteiger partial charge in [0.1, 0.15) is 0 Å². The molecule has 5 heteroatoms. The summed E-state index contributed by atoms with van der Waals surface area (Å²) in [7, 11) is 0. The molecule has 1 aromatic heterocycles. The minimum Gasteiger partial charge on any atom is -0.339 e. The molecule has 1 amide bonds. The number of hydrogen-bond acceptors (Lipinski definition) is 4. The van der Waals surface area contributed by atoms with Crippen LogP contribution in [0.2, 0.25) is 0 Å². The van der Waals surface area contributed by atoms with Crippen LogP contribution in [0.25, 0.3) is 0 Å². The van der Waals surface area contributed by atoms with Crippen molar-refractivity contribution < 1.29 is 9.32 Å². The molecule has 1 atom stereocenters. The number of aryl methyl sites for hydroxylation is 3. The molecule has 4 rings (SSSR count). The van der Waals surface area contributed by atoms with Crippen molar-refractivity contribution in [1.29, 1.82) is 0 Å². The van der Waals surface area contributed by atoms with Crippen LogP contribution in [0.4, 0.5) is 0 Å². The normalized spacial score (nSPS) is 15.7. The van der Waals surface area contributed by atoms with Crippen LogP contribution in [0.5, 0.6) is 0 Å². The fourth-order valence-electron chi connectivity index (χ4n) is 4.14. The third kappa shape index (κ3) is 4.87. The summed E-state index contributed by atoms with van der Waals surface area (Å²) in [6, 6.07) is 17.0. The Morgan fingerprint density at radius 3 is 2.58 bits per heavy atom. The Morgan fingerprint density at radius 2 is 1.87 bits per heavy atom. The van der Waals surface area contributed by atoms with Gasteiger partial charge in [-0.05, 0) is 36.5 Å². The van der Waals surface area contributed by atoms with E-state index >= 15 is 0 Å². The summed E-state index contributed by atoms with van der Waals surface area (Å²) in [6.45, 7) is 8.83. The molecule has 1 aliphatic carbocycles. The average molecular weight is 418 g/mol. The number of rotatable bonds is 6. The molecule has 0 saturated carbocycles. The predicted octanol–water partition coefficient (Wildman–Crippen LogP) is 5.32. The van der Waals surface area contributed by atoms with Gasteiger partial charge in [0.2, 0.25) is 11.8 Å². The van der Waals surface area contributed by atoms with Crippen molar-refractivity contribution in [3.8, 4) is 0 Å². The minimum absolute atomic E-state index is 0.109. The van der Waals surface area contributed by atoms with Crippen molar-refractivity contribution in [1.82, 2.24) is 15.0 Å². The summed E-state index contributed by atoms with van der Waals surface area (Å²) in [6.07, 6.45) is 2.79. The Kier molecular flexibility index (Phi) is 5.94. The molecule has 1 aliphatic rings. The van der Waals surface area contributed by atoms with Crippen LogP contribution in [0.15, 0.2) is 53.1 Å². The molecular formula is C26H31N3O2. The van der Waals surface area contributed by atoms with Crippen LogP contribution in [-0.4, -0.2) is 20.9 Å². The van der Waals surface area contributed by atoms with E-state index in [1.54, 1.807) is 0 Å². The summed E-state index contributed by atoms with van der Waals surface area (Å²) in [5.41, 5.74) is 4.82. The zero-order chi connectivity index (χ0) is 22.0. The quantitative estimate of drug-likeness (QED) is 0.544. The van der Waals surface area contributed by atoms with Crippen molar-refractivity contribution in [2.24, 2.45) is 0 Å². The smallest absolute Gasteiger partial charge is 0.227 e. The summed E-state index contributed by atoms with van der Waals surface area (Å²) in [5.74, 6) is 1.33. The van der Waals surface area contributed by atoms with E-state index < -0.39 is 0 Å². The van der Waals surface area contributed by atoms with Gasteiger partial charge in [-0.1, -0.05) is 80.0 Å². The van der Waals surface area contributed by atoms with Crippen LogP contribution in [0.1, 0.15) is 73.6 Å². The standard InChI is InChI=1S/C26H31N3O2/c1-18-9-11-19(12-10-18)17-29(22-14-13-20-7-5-6-8-21(20)22)24(30)16-15-23-27-25(28-31-23)26(2,3)4/h5-12,22H,13-17H2,1-4H3. The number of carbonyl (C=O) groups is 1. The fraction of sp³-hybridized carbons (Fsp3) is 0.423. The Hall–Kier alpha value is -2.95. The van der Waals surface area contributed by atoms with Gasteiger partial charge in [0.25, 0.3) is 0 Å². The van der Waals surface area contributed by atoms with Gasteiger partial charge in [-0.25, -0.2) is 0 Å². The Labute approximate surface area is 184 Å². The molecule has 3 aromatic rings. The topological polar surface area (TPSA) is 59.2 Å². The number of carbonyl (C=O) groups excluding carboxylic acids is 1. The number of hydrogen-bond donors (Lipinski definition) is 0. The molecule has 0 saturated heterocycles. The largest absolute Gasteiger partial charge is 0.339 e. The first-order valence-electron chi connectivity index (χ1n) is 11.1. The zero-order valence-corrected chi connectivity index (χ0v) is 18.9. The highest BCUT2D eigenvalue weighted by molar-refractivity contribution is 5.77. The molecular weight excluding hydrogens is 386 g/mol. The van der Waals surface area contributed by atoms with E-state index in [0.29, 0.717) is 31.1 Å². The van der Waals surface area contributed by atoms with E-state index in [2.05, 4.69) is 65.6 Å². The van der Waals surface area contributed by atoms with Crippen LogP contribution < -0.4 is 0 Å². The van der Waals surface area contributed by atoms with Gasteiger partial charge in [-0.3, -0.25) is 4.79 Å². The minimum atomic E-state index is -0.170. The second-order valence-electron chi connectivity index (χ2n) is 9.52. The number of aromatic nitrogens is 2. The van der Waals surface area contributed by atoms with Crippen molar-refractivity contribution in [3.05, 3.63) is 82.5 Å². The van der Waals surface area contributed by atoms with Crippen molar-refractivity contribution in [2.45, 2.75) is 71.4 Å². The summed E-state index contributed by atoms with van der Waals surface area (Å²) in [4.78, 5) is 20.0. The fourth-order valence-corrected chi connectivity index (χ4v) is 4.14. The molecule has 31 heavy (non-hydrogen) atoms. The van der Waals surface area contributed by atoms with Crippen LogP contribution in [0.3, 0.4) is 0 Å². The lowest BCUT2D eigenvalue weighted by molar-refractivity contribution is -0.134. The van der Waals surface area contributed by atoms with Gasteiger partial charge in [-0.15, -0.1) is 0 Å². The number of fused-ring (bicyclic) bond motifs is 1. The molecule has 0 bridgehead atoms. The summed E-state index contributed by atoms with van der Waals surface area (Å²) >= 11 is 0. The molecule has 2 aromatic carbocycles. The second kappa shape index (κ2) is 8.66. The van der Waals surface area contributed by atoms with E-state index in [1.807, 2.05) is 25.7 Å². The maximum absolute atomic E-state index is 13.4. The molecule has 1 heterocycles. The molecule has 5 nitrogen and oxygen atoms in total. The van der Waals surface area contributed by atoms with E-state index in [0.717, 1.165) is 18.4 Å². The lowest BCUT2D eigenvalue weighted by Crippen LogP contribution is -2.33. The predicted molar refractivity (Wildman–Crippen MR) is 121 cm³/mol. The Morgan fingerprint density at radius 1 is 1.13 bits per heavy atom. The maximum Gasteiger partial charge on any atom is 0.227 e. The maximum atomic E-state index is 13.4. The number of benzene rings is 2. The van der Waals surface area contributed by atoms with Crippen LogP contribution >= 0.6 is 0 Å². The molecule has 0 aliphatic heterocycles. The van der Waals surface area contributed by atoms with E-state index in [1.165, 1.54) is 16.7 Å². The molecule has 1 unspecified atom stereocenters. The van der Waals surface area contributed by atoms with Crippen molar-refractivity contribution in [2.75, 3.05) is 0 Å². The monoisotopic (exact) mass is 417 g/mol. The van der Waals surface area contributed by atoms with Crippen LogP contribution in [0, 0.1) is 6.92 Å². The van der Waals surface area contributed by atoms with Gasteiger partial charge in [0.05, 0.1) is 6.04 Å². The average Bonchev–Trinajstić information content (AvgIpc) is 3.39. The first-order chi connectivity index (χ1) is 14.8.